The minimum absolute atomic E-state index is 0.00926. The van der Waals surface area contributed by atoms with Crippen LogP contribution in [0.5, 0.6) is 0 Å². The number of esters is 1. The Kier molecular flexibility index (Phi) is 1.20. The van der Waals surface area contributed by atoms with Crippen molar-refractivity contribution >= 4 is 5.97 Å². The average Bonchev–Trinajstić information content (AvgIpc) is 2.41. The molecule has 1 saturated carbocycles. The first-order chi connectivity index (χ1) is 4.79. The van der Waals surface area contributed by atoms with E-state index in [-0.39, 0.29) is 23.9 Å². The highest BCUT2D eigenvalue weighted by atomic mass is 16.5. The summed E-state index contributed by atoms with van der Waals surface area (Å²) in [5.41, 5.74) is 0. The fraction of sp³-hybridized carbons (Fsp3) is 0.857. The maximum Gasteiger partial charge on any atom is 0.309 e. The van der Waals surface area contributed by atoms with Gasteiger partial charge < -0.3 is 9.84 Å². The van der Waals surface area contributed by atoms with E-state index in [1.165, 1.54) is 0 Å². The van der Waals surface area contributed by atoms with Crippen molar-refractivity contribution in [3.63, 3.8) is 0 Å². The van der Waals surface area contributed by atoms with Gasteiger partial charge in [0.1, 0.15) is 0 Å². The highest BCUT2D eigenvalue weighted by molar-refractivity contribution is 5.75. The second kappa shape index (κ2) is 1.95. The zero-order valence-corrected chi connectivity index (χ0v) is 5.62. The van der Waals surface area contributed by atoms with Crippen molar-refractivity contribution in [2.75, 3.05) is 6.61 Å². The number of aliphatic hydroxyl groups is 1. The molecular weight excluding hydrogens is 132 g/mol. The largest absolute Gasteiger partial charge is 0.465 e. The molecule has 0 aromatic heterocycles. The molecule has 0 amide bonds. The van der Waals surface area contributed by atoms with Gasteiger partial charge >= 0.3 is 5.97 Å². The van der Waals surface area contributed by atoms with E-state index >= 15 is 0 Å². The van der Waals surface area contributed by atoms with Crippen molar-refractivity contribution in [3.8, 4) is 0 Å². The summed E-state index contributed by atoms with van der Waals surface area (Å²) in [4.78, 5) is 10.9. The predicted octanol–water partition coefficient (Wildman–Crippen LogP) is -0.0697. The fourth-order valence-corrected chi connectivity index (χ4v) is 1.85. The van der Waals surface area contributed by atoms with Crippen LogP contribution in [0.4, 0.5) is 0 Å². The smallest absolute Gasteiger partial charge is 0.309 e. The van der Waals surface area contributed by atoms with Crippen molar-refractivity contribution in [3.05, 3.63) is 0 Å². The number of cyclic esters (lactones) is 1. The lowest BCUT2D eigenvalue weighted by molar-refractivity contribution is -0.141. The highest BCUT2D eigenvalue weighted by Crippen LogP contribution is 2.37. The van der Waals surface area contributed by atoms with E-state index in [9.17, 15) is 9.90 Å². The molecule has 0 aromatic rings. The Labute approximate surface area is 59.0 Å². The molecule has 0 aromatic carbocycles. The molecule has 3 nitrogen and oxygen atoms in total. The first-order valence-electron chi connectivity index (χ1n) is 3.64. The topological polar surface area (TPSA) is 46.5 Å². The first kappa shape index (κ1) is 6.16. The number of rotatable bonds is 0. The van der Waals surface area contributed by atoms with Crippen LogP contribution in [0.3, 0.4) is 0 Å². The van der Waals surface area contributed by atoms with Gasteiger partial charge in [-0.3, -0.25) is 4.79 Å². The summed E-state index contributed by atoms with van der Waals surface area (Å²) < 4.78 is 4.79. The van der Waals surface area contributed by atoms with Gasteiger partial charge in [-0.1, -0.05) is 0 Å². The van der Waals surface area contributed by atoms with Gasteiger partial charge in [-0.15, -0.1) is 0 Å². The van der Waals surface area contributed by atoms with Gasteiger partial charge in [0, 0.05) is 5.92 Å². The van der Waals surface area contributed by atoms with Gasteiger partial charge in [0.05, 0.1) is 18.6 Å². The lowest BCUT2D eigenvalue weighted by Crippen LogP contribution is -2.18. The van der Waals surface area contributed by atoms with E-state index in [4.69, 9.17) is 4.74 Å². The quantitative estimate of drug-likeness (QED) is 0.481. The van der Waals surface area contributed by atoms with Gasteiger partial charge in [0.15, 0.2) is 0 Å². The van der Waals surface area contributed by atoms with Crippen LogP contribution in [0, 0.1) is 11.8 Å². The summed E-state index contributed by atoms with van der Waals surface area (Å²) in [5, 5.41) is 9.28. The second-order valence-electron chi connectivity index (χ2n) is 3.05. The van der Waals surface area contributed by atoms with Crippen molar-refractivity contribution in [2.24, 2.45) is 11.8 Å². The number of hydrogen-bond donors (Lipinski definition) is 1. The molecule has 56 valence electrons. The maximum absolute atomic E-state index is 10.9. The molecule has 0 unspecified atom stereocenters. The second-order valence-corrected chi connectivity index (χ2v) is 3.05. The fourth-order valence-electron chi connectivity index (χ4n) is 1.85. The Balaban J connectivity index is 2.16. The minimum atomic E-state index is -0.295. The Hall–Kier alpha value is -0.570. The summed E-state index contributed by atoms with van der Waals surface area (Å²) in [6.45, 7) is 0.435. The van der Waals surface area contributed by atoms with E-state index < -0.39 is 0 Å². The summed E-state index contributed by atoms with van der Waals surface area (Å²) in [7, 11) is 0. The monoisotopic (exact) mass is 142 g/mol. The van der Waals surface area contributed by atoms with E-state index in [2.05, 4.69) is 0 Å². The summed E-state index contributed by atoms with van der Waals surface area (Å²) in [5.74, 6) is 0.00375. The number of aliphatic hydroxyl groups excluding tert-OH is 1. The maximum atomic E-state index is 10.9. The third kappa shape index (κ3) is 0.669. The third-order valence-corrected chi connectivity index (χ3v) is 2.51. The molecule has 0 bridgehead atoms. The van der Waals surface area contributed by atoms with E-state index in [1.54, 1.807) is 0 Å². The van der Waals surface area contributed by atoms with Crippen LogP contribution < -0.4 is 0 Å². The molecular formula is C7H10O3. The lowest BCUT2D eigenvalue weighted by Gasteiger charge is -2.06. The van der Waals surface area contributed by atoms with E-state index in [0.717, 1.165) is 12.8 Å². The molecule has 1 aliphatic heterocycles. The molecule has 1 aliphatic carbocycles. The number of carbonyl (C=O) groups excluding carboxylic acids is 1. The van der Waals surface area contributed by atoms with Gasteiger partial charge in [0.2, 0.25) is 0 Å². The van der Waals surface area contributed by atoms with Crippen LogP contribution in [0.25, 0.3) is 0 Å². The zero-order chi connectivity index (χ0) is 7.14. The van der Waals surface area contributed by atoms with Crippen molar-refractivity contribution in [1.82, 2.24) is 0 Å². The van der Waals surface area contributed by atoms with Crippen molar-refractivity contribution < 1.29 is 14.6 Å². The molecule has 2 rings (SSSR count). The molecule has 1 heterocycles. The molecule has 1 N–H and O–H groups in total. The standard InChI is InChI=1S/C7H10O3/c8-6-2-1-4-5(6)3-10-7(4)9/h4-6,8H,1-3H2/t4-,5-,6-/m1/s1. The van der Waals surface area contributed by atoms with Crippen LogP contribution in [-0.4, -0.2) is 23.8 Å². The van der Waals surface area contributed by atoms with Crippen LogP contribution in [0.15, 0.2) is 0 Å². The van der Waals surface area contributed by atoms with E-state index in [0.29, 0.717) is 6.61 Å². The summed E-state index contributed by atoms with van der Waals surface area (Å²) in [6, 6.07) is 0. The van der Waals surface area contributed by atoms with Crippen molar-refractivity contribution in [1.29, 1.82) is 0 Å². The Morgan fingerprint density at radius 1 is 1.50 bits per heavy atom. The van der Waals surface area contributed by atoms with E-state index in [1.807, 2.05) is 0 Å². The van der Waals surface area contributed by atoms with Gasteiger partial charge in [-0.2, -0.15) is 0 Å². The normalized spacial score (nSPS) is 45.3. The van der Waals surface area contributed by atoms with Gasteiger partial charge in [-0.25, -0.2) is 0 Å². The van der Waals surface area contributed by atoms with Crippen LogP contribution in [0.2, 0.25) is 0 Å². The Morgan fingerprint density at radius 2 is 2.30 bits per heavy atom. The summed E-state index contributed by atoms with van der Waals surface area (Å²) >= 11 is 0. The zero-order valence-electron chi connectivity index (χ0n) is 5.62. The predicted molar refractivity (Wildman–Crippen MR) is 33.2 cm³/mol. The average molecular weight is 142 g/mol. The number of hydrogen-bond acceptors (Lipinski definition) is 3. The van der Waals surface area contributed by atoms with Gasteiger partial charge in [-0.05, 0) is 12.8 Å². The molecule has 3 atom stereocenters. The van der Waals surface area contributed by atoms with Crippen LogP contribution >= 0.6 is 0 Å². The molecule has 0 radical (unpaired) electrons. The summed E-state index contributed by atoms with van der Waals surface area (Å²) in [6.07, 6.45) is 1.28. The molecule has 0 spiro atoms. The first-order valence-corrected chi connectivity index (χ1v) is 3.64. The highest BCUT2D eigenvalue weighted by Gasteiger charge is 2.45. The van der Waals surface area contributed by atoms with Crippen LogP contribution in [0.1, 0.15) is 12.8 Å². The molecule has 10 heavy (non-hydrogen) atoms. The molecule has 2 fully saturated rings. The lowest BCUT2D eigenvalue weighted by atomic mass is 9.99. The Morgan fingerprint density at radius 3 is 3.00 bits per heavy atom. The van der Waals surface area contributed by atoms with Gasteiger partial charge in [0.25, 0.3) is 0 Å². The van der Waals surface area contributed by atoms with Crippen molar-refractivity contribution in [2.45, 2.75) is 18.9 Å². The minimum Gasteiger partial charge on any atom is -0.465 e. The SMILES string of the molecule is O=C1OC[C@H]2[C@H](O)CC[C@@H]12. The third-order valence-electron chi connectivity index (χ3n) is 2.51. The number of ether oxygens (including phenoxy) is 1. The molecule has 1 saturated heterocycles. The van der Waals surface area contributed by atoms with Crippen LogP contribution in [-0.2, 0) is 9.53 Å². The molecule has 2 aliphatic rings. The number of carbonyl (C=O) groups is 1. The molecule has 3 heteroatoms. The number of fused-ring (bicyclic) bond motifs is 1. The Bertz CT molecular complexity index is 166.